The Morgan fingerprint density at radius 3 is 2.02 bits per heavy atom. The number of alkyl carbamates (subject to hydrolysis) is 1. The fourth-order valence-corrected chi connectivity index (χ4v) is 8.14. The number of carbonyl (C=O) groups excluding carboxylic acids is 5. The maximum atomic E-state index is 14.2. The highest BCUT2D eigenvalue weighted by Crippen LogP contribution is 2.59. The van der Waals surface area contributed by atoms with Crippen molar-refractivity contribution in [3.05, 3.63) is 0 Å². The Kier molecular flexibility index (Phi) is 12.5. The predicted octanol–water partition coefficient (Wildman–Crippen LogP) is 3.52. The molecule has 3 N–H and O–H groups in total. The minimum atomic E-state index is -4.96. The lowest BCUT2D eigenvalue weighted by Gasteiger charge is -2.37. The number of amides is 4. The van der Waals surface area contributed by atoms with Gasteiger partial charge in [0, 0.05) is 13.1 Å². The zero-order valence-electron chi connectivity index (χ0n) is 29.7. The summed E-state index contributed by atoms with van der Waals surface area (Å²) >= 11 is 0. The fourth-order valence-electron chi connectivity index (χ4n) is 7.16. The lowest BCUT2D eigenvalue weighted by molar-refractivity contribution is -0.155. The molecule has 1 aliphatic heterocycles. The summed E-state index contributed by atoms with van der Waals surface area (Å²) < 4.78 is 70.0. The Bertz CT molecular complexity index is 1370. The molecule has 6 atom stereocenters. The van der Waals surface area contributed by atoms with E-state index in [4.69, 9.17) is 4.74 Å². The minimum absolute atomic E-state index is 0.00317. The van der Waals surface area contributed by atoms with Crippen LogP contribution in [0.3, 0.4) is 0 Å². The highest BCUT2D eigenvalue weighted by Gasteiger charge is 2.65. The van der Waals surface area contributed by atoms with E-state index in [0.717, 1.165) is 19.3 Å². The maximum Gasteiger partial charge on any atom is 0.408 e. The number of carbonyl (C=O) groups is 5. The number of piperidine rings is 1. The van der Waals surface area contributed by atoms with Crippen LogP contribution in [0.15, 0.2) is 0 Å². The molecule has 0 aromatic carbocycles. The quantitative estimate of drug-likeness (QED) is 0.257. The van der Waals surface area contributed by atoms with Gasteiger partial charge in [-0.25, -0.2) is 13.2 Å². The average molecular weight is 723 g/mol. The first kappa shape index (κ1) is 40.5. The first-order chi connectivity index (χ1) is 22.3. The molecule has 49 heavy (non-hydrogen) atoms. The van der Waals surface area contributed by atoms with Crippen LogP contribution >= 0.6 is 0 Å². The summed E-state index contributed by atoms with van der Waals surface area (Å²) in [7, 11) is -3.71. The second-order valence-electron chi connectivity index (χ2n) is 16.0. The van der Waals surface area contributed by atoms with Crippen molar-refractivity contribution in [2.24, 2.45) is 29.6 Å². The summed E-state index contributed by atoms with van der Waals surface area (Å²) in [5.41, 5.74) is -0.848. The summed E-state index contributed by atoms with van der Waals surface area (Å²) in [5, 5.41) is 6.90. The van der Waals surface area contributed by atoms with Gasteiger partial charge in [-0.3, -0.25) is 19.2 Å². The lowest BCUT2D eigenvalue weighted by Crippen LogP contribution is -2.60. The van der Waals surface area contributed by atoms with Crippen LogP contribution in [0.4, 0.5) is 18.0 Å². The molecular weight excluding hydrogens is 669 g/mol. The van der Waals surface area contributed by atoms with Crippen LogP contribution in [-0.4, -0.2) is 96.4 Å². The molecule has 12 nitrogen and oxygen atoms in total. The molecule has 16 heteroatoms. The molecule has 3 rings (SSSR count). The summed E-state index contributed by atoms with van der Waals surface area (Å²) in [6.07, 6.45) is -3.69. The normalized spacial score (nSPS) is 24.4. The van der Waals surface area contributed by atoms with Gasteiger partial charge in [0.25, 0.3) is 5.91 Å². The molecule has 2 saturated carbocycles. The molecule has 1 saturated heterocycles. The molecule has 280 valence electrons. The van der Waals surface area contributed by atoms with E-state index in [0.29, 0.717) is 12.8 Å². The second-order valence-corrected chi connectivity index (χ2v) is 18.8. The van der Waals surface area contributed by atoms with E-state index in [-0.39, 0.29) is 30.2 Å². The van der Waals surface area contributed by atoms with Crippen molar-refractivity contribution in [2.45, 2.75) is 129 Å². The Labute approximate surface area is 287 Å². The number of sulfone groups is 1. The third kappa shape index (κ3) is 10.5. The number of hydrogen-bond acceptors (Lipinski definition) is 8. The van der Waals surface area contributed by atoms with E-state index in [1.165, 1.54) is 25.7 Å². The molecule has 0 spiro atoms. The van der Waals surface area contributed by atoms with Crippen molar-refractivity contribution in [1.82, 2.24) is 20.9 Å². The summed E-state index contributed by atoms with van der Waals surface area (Å²) in [4.78, 5) is 68.0. The molecule has 0 bridgehead atoms. The predicted molar refractivity (Wildman–Crippen MR) is 175 cm³/mol. The number of halogens is 3. The van der Waals surface area contributed by atoms with E-state index in [2.05, 4.69) is 16.0 Å². The van der Waals surface area contributed by atoms with Crippen LogP contribution in [0.5, 0.6) is 0 Å². The van der Waals surface area contributed by atoms with Crippen molar-refractivity contribution in [2.75, 3.05) is 18.8 Å². The summed E-state index contributed by atoms with van der Waals surface area (Å²) in [6, 6.07) is -4.59. The first-order valence-electron chi connectivity index (χ1n) is 17.1. The number of nitrogens with zero attached hydrogens (tertiary/aromatic N) is 1. The van der Waals surface area contributed by atoms with Gasteiger partial charge in [-0.2, -0.15) is 13.2 Å². The number of ketones is 1. The SMILES string of the molecule is CC(C)C1[C@H]2[C@@H]1CN(C(=O)[C@@H](NC(=O)OC(C)(C)C)C1CCCCC1)[C@@H]2C(=O)NC(CC(F)(F)F)C(=O)C(=O)NCCS(=O)(=O)C(C)(C)C. The number of likely N-dealkylation sites (tertiary alicyclic amines) is 1. The van der Waals surface area contributed by atoms with Crippen molar-refractivity contribution < 1.29 is 50.3 Å². The van der Waals surface area contributed by atoms with Gasteiger partial charge < -0.3 is 25.6 Å². The molecule has 3 fully saturated rings. The second kappa shape index (κ2) is 15.1. The van der Waals surface area contributed by atoms with E-state index in [1.54, 1.807) is 20.8 Å². The van der Waals surface area contributed by atoms with Gasteiger partial charge >= 0.3 is 12.3 Å². The molecule has 1 heterocycles. The van der Waals surface area contributed by atoms with Crippen LogP contribution in [0.25, 0.3) is 0 Å². The maximum absolute atomic E-state index is 14.2. The Morgan fingerprint density at radius 1 is 0.918 bits per heavy atom. The first-order valence-corrected chi connectivity index (χ1v) is 18.7. The number of rotatable bonds is 12. The van der Waals surface area contributed by atoms with Crippen LogP contribution < -0.4 is 16.0 Å². The highest BCUT2D eigenvalue weighted by molar-refractivity contribution is 7.92. The number of alkyl halides is 3. The lowest BCUT2D eigenvalue weighted by atomic mass is 9.83. The number of hydrogen-bond donors (Lipinski definition) is 3. The smallest absolute Gasteiger partial charge is 0.408 e. The zero-order chi connectivity index (χ0) is 37.3. The highest BCUT2D eigenvalue weighted by atomic mass is 32.2. The number of fused-ring (bicyclic) bond motifs is 1. The molecule has 2 aliphatic carbocycles. The molecule has 0 aromatic heterocycles. The van der Waals surface area contributed by atoms with Gasteiger partial charge in [-0.1, -0.05) is 33.1 Å². The van der Waals surface area contributed by atoms with E-state index < -0.39 is 98.7 Å². The van der Waals surface area contributed by atoms with Crippen molar-refractivity contribution in [3.8, 4) is 0 Å². The molecule has 4 amide bonds. The standard InChI is InChI=1S/C33H53F3N4O8S/c1-18(2)22-20-17-40(29(44)24(19-12-10-9-11-13-19)39-30(45)48-31(3,4)5)25(23(20)22)27(42)38-21(16-33(34,35)36)26(41)28(43)37-14-15-49(46,47)32(6,7)8/h18-25H,9-17H2,1-8H3,(H,37,43)(H,38,42)(H,39,45)/t20-,21?,22?,23-,24+,25+/m1/s1. The fraction of sp³-hybridized carbons (Fsp3) is 0.848. The third-order valence-electron chi connectivity index (χ3n) is 9.66. The Balaban J connectivity index is 1.86. The van der Waals surface area contributed by atoms with Crippen LogP contribution in [0.2, 0.25) is 0 Å². The van der Waals surface area contributed by atoms with Gasteiger partial charge in [0.05, 0.1) is 16.9 Å². The number of ether oxygens (including phenoxy) is 1. The van der Waals surface area contributed by atoms with Crippen LogP contribution in [-0.2, 0) is 33.8 Å². The minimum Gasteiger partial charge on any atom is -0.444 e. The molecular formula is C33H53F3N4O8S. The monoisotopic (exact) mass is 722 g/mol. The third-order valence-corrected chi connectivity index (χ3v) is 12.3. The Morgan fingerprint density at radius 2 is 1.51 bits per heavy atom. The number of Topliss-reactive ketones (excluding diaryl/α,β-unsaturated/α-hetero) is 1. The van der Waals surface area contributed by atoms with Gasteiger partial charge in [0.15, 0.2) is 9.84 Å². The summed E-state index contributed by atoms with van der Waals surface area (Å²) in [5.74, 6) is -5.83. The van der Waals surface area contributed by atoms with E-state index >= 15 is 0 Å². The Hall–Kier alpha value is -2.91. The zero-order valence-corrected chi connectivity index (χ0v) is 30.6. The molecule has 3 aliphatic rings. The largest absolute Gasteiger partial charge is 0.444 e. The van der Waals surface area contributed by atoms with Gasteiger partial charge in [0.2, 0.25) is 17.6 Å². The van der Waals surface area contributed by atoms with Gasteiger partial charge in [0.1, 0.15) is 23.7 Å². The average Bonchev–Trinajstić information content (AvgIpc) is 3.52. The van der Waals surface area contributed by atoms with Crippen molar-refractivity contribution in [3.63, 3.8) is 0 Å². The van der Waals surface area contributed by atoms with Crippen LogP contribution in [0.1, 0.15) is 93.9 Å². The molecule has 0 aromatic rings. The van der Waals surface area contributed by atoms with Crippen LogP contribution in [0, 0.1) is 29.6 Å². The van der Waals surface area contributed by atoms with E-state index in [1.807, 2.05) is 13.8 Å². The molecule has 2 unspecified atom stereocenters. The summed E-state index contributed by atoms with van der Waals surface area (Å²) in [6.45, 7) is 12.9. The molecule has 0 radical (unpaired) electrons. The number of nitrogens with one attached hydrogen (secondary N) is 3. The van der Waals surface area contributed by atoms with E-state index in [9.17, 15) is 45.6 Å². The van der Waals surface area contributed by atoms with Gasteiger partial charge in [-0.15, -0.1) is 0 Å². The topological polar surface area (TPSA) is 168 Å². The van der Waals surface area contributed by atoms with Crippen molar-refractivity contribution in [1.29, 1.82) is 0 Å². The van der Waals surface area contributed by atoms with Crippen molar-refractivity contribution >= 4 is 39.4 Å². The van der Waals surface area contributed by atoms with Gasteiger partial charge in [-0.05, 0) is 84.0 Å².